The molecule has 2 heterocycles. The summed E-state index contributed by atoms with van der Waals surface area (Å²) in [5.74, 6) is -0.157. The van der Waals surface area contributed by atoms with Crippen LogP contribution in [-0.2, 0) is 29.2 Å². The lowest BCUT2D eigenvalue weighted by Crippen LogP contribution is -2.32. The summed E-state index contributed by atoms with van der Waals surface area (Å²) < 4.78 is 12.2. The zero-order chi connectivity index (χ0) is 32.6. The van der Waals surface area contributed by atoms with Crippen molar-refractivity contribution >= 4 is 17.3 Å². The van der Waals surface area contributed by atoms with Crippen molar-refractivity contribution in [2.24, 2.45) is 11.0 Å². The maximum absolute atomic E-state index is 13.7. The van der Waals surface area contributed by atoms with Gasteiger partial charge in [0.05, 0.1) is 11.6 Å². The first-order valence-corrected chi connectivity index (χ1v) is 16.2. The lowest BCUT2D eigenvalue weighted by molar-refractivity contribution is -0.149. The fraction of sp³-hybridized carbons (Fsp3) is 0.368. The van der Waals surface area contributed by atoms with E-state index in [9.17, 15) is 4.79 Å². The first-order chi connectivity index (χ1) is 22.3. The van der Waals surface area contributed by atoms with E-state index in [1.807, 2.05) is 69.4 Å². The van der Waals surface area contributed by atoms with Crippen LogP contribution in [0.3, 0.4) is 0 Å². The van der Waals surface area contributed by atoms with Crippen molar-refractivity contribution in [2.75, 3.05) is 18.4 Å². The maximum atomic E-state index is 13.7. The number of esters is 1. The van der Waals surface area contributed by atoms with Crippen molar-refractivity contribution in [3.8, 4) is 5.75 Å². The molecule has 0 bridgehead atoms. The van der Waals surface area contributed by atoms with Crippen LogP contribution < -0.4 is 10.1 Å². The van der Waals surface area contributed by atoms with Gasteiger partial charge in [0.25, 0.3) is 0 Å². The molecule has 4 aromatic rings. The van der Waals surface area contributed by atoms with Crippen LogP contribution in [0, 0.1) is 25.3 Å². The van der Waals surface area contributed by atoms with Crippen LogP contribution in [0.4, 0.5) is 11.4 Å². The van der Waals surface area contributed by atoms with Gasteiger partial charge in [-0.05, 0) is 72.7 Å². The van der Waals surface area contributed by atoms with Crippen LogP contribution in [0.5, 0.6) is 5.75 Å². The Labute approximate surface area is 272 Å². The molecule has 3 atom stereocenters. The van der Waals surface area contributed by atoms with Crippen LogP contribution in [-0.4, -0.2) is 35.0 Å². The zero-order valence-corrected chi connectivity index (χ0v) is 27.5. The summed E-state index contributed by atoms with van der Waals surface area (Å²) in [4.78, 5) is 20.5. The third-order valence-electron chi connectivity index (χ3n) is 8.97. The molecule has 1 aliphatic rings. The first kappa shape index (κ1) is 32.8. The number of carbonyl (C=O) groups is 1. The minimum absolute atomic E-state index is 0.0873. The van der Waals surface area contributed by atoms with E-state index in [4.69, 9.17) is 15.0 Å². The molecule has 1 aliphatic heterocycles. The summed E-state index contributed by atoms with van der Waals surface area (Å²) >= 11 is 0. The molecule has 0 saturated heterocycles. The molecule has 0 radical (unpaired) electrons. The molecule has 1 aromatic heterocycles. The molecule has 8 heteroatoms. The molecule has 8 nitrogen and oxygen atoms in total. The van der Waals surface area contributed by atoms with E-state index >= 15 is 0 Å². The number of aromatic nitrogens is 1. The second-order valence-electron chi connectivity index (χ2n) is 12.2. The van der Waals surface area contributed by atoms with Crippen LogP contribution in [0.1, 0.15) is 72.1 Å². The molecule has 240 valence electrons. The van der Waals surface area contributed by atoms with E-state index in [0.717, 1.165) is 71.9 Å². The van der Waals surface area contributed by atoms with Gasteiger partial charge in [-0.2, -0.15) is 5.11 Å². The number of rotatable bonds is 12. The SMILES string of the molecule is CCNc1ccc([C@@H](c2ccc(C)c(CN3Cc4cnccc4O[C@H](CC)C3)c2)[C@H](C)C(=O)OCc2ccccc2)c(C)c1N=N. The molecular weight excluding hydrogens is 574 g/mol. The van der Waals surface area contributed by atoms with Gasteiger partial charge in [0.15, 0.2) is 0 Å². The lowest BCUT2D eigenvalue weighted by Gasteiger charge is -2.28. The van der Waals surface area contributed by atoms with Crippen LogP contribution >= 0.6 is 0 Å². The average molecular weight is 620 g/mol. The number of hydrogen-bond acceptors (Lipinski definition) is 8. The Bertz CT molecular complexity index is 1660. The highest BCUT2D eigenvalue weighted by molar-refractivity contribution is 5.76. The molecule has 0 spiro atoms. The standard InChI is InChI=1S/C38H45N5O3/c1-6-32-23-43(22-31-20-40-18-17-35(31)46-32)21-30-19-29(14-13-25(30)3)36(27(5)38(44)45-24-28-11-9-8-10-12-28)33-15-16-34(41-7-2)37(42-39)26(33)4/h8-20,27,32,36,39,41H,6-7,21-24H2,1-5H3/t27-,32+,36+/m0/s1. The van der Waals surface area contributed by atoms with Gasteiger partial charge in [0, 0.05) is 50.1 Å². The molecule has 0 amide bonds. The van der Waals surface area contributed by atoms with Gasteiger partial charge >= 0.3 is 5.97 Å². The van der Waals surface area contributed by atoms with Crippen molar-refractivity contribution in [2.45, 2.75) is 72.8 Å². The summed E-state index contributed by atoms with van der Waals surface area (Å²) in [5.41, 5.74) is 16.7. The predicted octanol–water partition coefficient (Wildman–Crippen LogP) is 8.48. The summed E-state index contributed by atoms with van der Waals surface area (Å²) in [6, 6.07) is 22.3. The number of anilines is 1. The number of nitrogens with one attached hydrogen (secondary N) is 2. The normalized spacial score (nSPS) is 16.0. The van der Waals surface area contributed by atoms with Crippen LogP contribution in [0.25, 0.3) is 0 Å². The highest BCUT2D eigenvalue weighted by atomic mass is 16.5. The van der Waals surface area contributed by atoms with E-state index < -0.39 is 5.92 Å². The van der Waals surface area contributed by atoms with E-state index in [1.54, 1.807) is 6.20 Å². The minimum Gasteiger partial charge on any atom is -0.489 e. The summed E-state index contributed by atoms with van der Waals surface area (Å²) in [5, 5.41) is 7.23. The van der Waals surface area contributed by atoms with Gasteiger partial charge in [-0.15, -0.1) is 0 Å². The van der Waals surface area contributed by atoms with Crippen molar-refractivity contribution in [3.63, 3.8) is 0 Å². The second kappa shape index (κ2) is 15.1. The van der Waals surface area contributed by atoms with Crippen molar-refractivity contribution < 1.29 is 14.3 Å². The molecule has 0 fully saturated rings. The maximum Gasteiger partial charge on any atom is 0.309 e. The molecule has 3 aromatic carbocycles. The number of pyridine rings is 1. The Morgan fingerprint density at radius 2 is 1.93 bits per heavy atom. The largest absolute Gasteiger partial charge is 0.489 e. The smallest absolute Gasteiger partial charge is 0.309 e. The number of fused-ring (bicyclic) bond motifs is 1. The monoisotopic (exact) mass is 619 g/mol. The number of benzene rings is 3. The topological polar surface area (TPSA) is 99.9 Å². The molecule has 0 aliphatic carbocycles. The number of nitrogens with zero attached hydrogens (tertiary/aromatic N) is 3. The van der Waals surface area contributed by atoms with Gasteiger partial charge < -0.3 is 14.8 Å². The van der Waals surface area contributed by atoms with Gasteiger partial charge in [-0.3, -0.25) is 14.7 Å². The lowest BCUT2D eigenvalue weighted by atomic mass is 9.78. The third-order valence-corrected chi connectivity index (χ3v) is 8.97. The molecule has 5 rings (SSSR count). The number of hydrogen-bond donors (Lipinski definition) is 2. The molecular formula is C38H45N5O3. The molecule has 0 saturated carbocycles. The van der Waals surface area contributed by atoms with Crippen LogP contribution in [0.2, 0.25) is 0 Å². The fourth-order valence-corrected chi connectivity index (χ4v) is 6.35. The van der Waals surface area contributed by atoms with Crippen LogP contribution in [0.15, 0.2) is 84.2 Å². The van der Waals surface area contributed by atoms with Crippen molar-refractivity contribution in [1.29, 1.82) is 5.53 Å². The van der Waals surface area contributed by atoms with E-state index in [-0.39, 0.29) is 24.6 Å². The van der Waals surface area contributed by atoms with E-state index in [1.165, 1.54) is 11.1 Å². The third kappa shape index (κ3) is 7.45. The Morgan fingerprint density at radius 1 is 1.13 bits per heavy atom. The Balaban J connectivity index is 1.51. The average Bonchev–Trinajstić information content (AvgIpc) is 3.25. The quantitative estimate of drug-likeness (QED) is 0.122. The Hall–Kier alpha value is -4.56. The predicted molar refractivity (Wildman–Crippen MR) is 182 cm³/mol. The summed E-state index contributed by atoms with van der Waals surface area (Å²) in [6.45, 7) is 13.5. The first-order valence-electron chi connectivity index (χ1n) is 16.2. The highest BCUT2D eigenvalue weighted by Crippen LogP contribution is 2.41. The van der Waals surface area contributed by atoms with E-state index in [0.29, 0.717) is 5.69 Å². The summed E-state index contributed by atoms with van der Waals surface area (Å²) in [7, 11) is 0. The number of ether oxygens (including phenoxy) is 2. The number of aryl methyl sites for hydroxylation is 1. The molecule has 0 unspecified atom stereocenters. The van der Waals surface area contributed by atoms with Crippen molar-refractivity contribution in [1.82, 2.24) is 9.88 Å². The minimum atomic E-state index is -0.490. The van der Waals surface area contributed by atoms with Crippen molar-refractivity contribution in [3.05, 3.63) is 118 Å². The van der Waals surface area contributed by atoms with Gasteiger partial charge in [-0.1, -0.05) is 68.4 Å². The van der Waals surface area contributed by atoms with Gasteiger partial charge in [0.2, 0.25) is 0 Å². The Morgan fingerprint density at radius 3 is 2.67 bits per heavy atom. The summed E-state index contributed by atoms with van der Waals surface area (Å²) in [6.07, 6.45) is 4.68. The Kier molecular flexibility index (Phi) is 10.8. The van der Waals surface area contributed by atoms with E-state index in [2.05, 4.69) is 58.4 Å². The molecule has 2 N–H and O–H groups in total. The zero-order valence-electron chi connectivity index (χ0n) is 27.5. The fourth-order valence-electron chi connectivity index (χ4n) is 6.35. The number of carbonyl (C=O) groups excluding carboxylic acids is 1. The second-order valence-corrected chi connectivity index (χ2v) is 12.2. The highest BCUT2D eigenvalue weighted by Gasteiger charge is 2.31. The van der Waals surface area contributed by atoms with Gasteiger partial charge in [0.1, 0.15) is 24.1 Å². The molecule has 46 heavy (non-hydrogen) atoms. The van der Waals surface area contributed by atoms with Gasteiger partial charge in [-0.25, -0.2) is 5.53 Å².